The zero-order valence-electron chi connectivity index (χ0n) is 13.1. The smallest absolute Gasteiger partial charge is 0.0979 e. The second kappa shape index (κ2) is 6.00. The van der Waals surface area contributed by atoms with E-state index in [0.717, 1.165) is 22.5 Å². The van der Waals surface area contributed by atoms with Gasteiger partial charge in [-0.05, 0) is 41.5 Å². The van der Waals surface area contributed by atoms with Crippen LogP contribution in [-0.4, -0.2) is 4.57 Å². The molecule has 5 heteroatoms. The Bertz CT molecular complexity index is 1060. The van der Waals surface area contributed by atoms with Crippen LogP contribution in [0.5, 0.6) is 0 Å². The van der Waals surface area contributed by atoms with Crippen molar-refractivity contribution in [3.05, 3.63) is 93.2 Å². The number of fused-ring (bicyclic) bond motifs is 3. The summed E-state index contributed by atoms with van der Waals surface area (Å²) in [7, 11) is 0. The molecule has 2 N–H and O–H groups in total. The second-order valence-electron chi connectivity index (χ2n) is 5.87. The minimum atomic E-state index is -0.309. The molecule has 1 unspecified atom stereocenters. The van der Waals surface area contributed by atoms with E-state index in [-0.39, 0.29) is 5.92 Å². The Morgan fingerprint density at radius 3 is 2.56 bits per heavy atom. The summed E-state index contributed by atoms with van der Waals surface area (Å²) in [6, 6.07) is 19.6. The highest BCUT2D eigenvalue weighted by Crippen LogP contribution is 2.42. The van der Waals surface area contributed by atoms with E-state index in [1.54, 1.807) is 12.1 Å². The van der Waals surface area contributed by atoms with Gasteiger partial charge in [0.25, 0.3) is 0 Å². The van der Waals surface area contributed by atoms with Gasteiger partial charge < -0.3 is 10.3 Å². The maximum atomic E-state index is 9.87. The fourth-order valence-electron chi connectivity index (χ4n) is 3.37. The highest BCUT2D eigenvalue weighted by molar-refractivity contribution is 6.42. The van der Waals surface area contributed by atoms with Crippen LogP contribution in [0.25, 0.3) is 11.4 Å². The number of hydrogen-bond acceptors (Lipinski definition) is 2. The molecule has 0 bridgehead atoms. The maximum Gasteiger partial charge on any atom is 0.0979 e. The van der Waals surface area contributed by atoms with Gasteiger partial charge in [0.15, 0.2) is 0 Å². The molecule has 122 valence electrons. The van der Waals surface area contributed by atoms with Gasteiger partial charge >= 0.3 is 0 Å². The van der Waals surface area contributed by atoms with E-state index in [4.69, 9.17) is 28.9 Å². The summed E-state index contributed by atoms with van der Waals surface area (Å²) in [5, 5.41) is 10.8. The first kappa shape index (κ1) is 15.8. The fourth-order valence-corrected chi connectivity index (χ4v) is 3.68. The Morgan fingerprint density at radius 2 is 1.80 bits per heavy atom. The van der Waals surface area contributed by atoms with E-state index in [2.05, 4.69) is 6.07 Å². The van der Waals surface area contributed by atoms with Gasteiger partial charge in [-0.2, -0.15) is 5.26 Å². The van der Waals surface area contributed by atoms with Gasteiger partial charge in [0.1, 0.15) is 0 Å². The molecule has 1 aliphatic heterocycles. The number of para-hydroxylation sites is 1. The van der Waals surface area contributed by atoms with Crippen molar-refractivity contribution in [2.75, 3.05) is 0 Å². The second-order valence-corrected chi connectivity index (χ2v) is 6.68. The highest BCUT2D eigenvalue weighted by Gasteiger charge is 2.29. The normalized spacial score (nSPS) is 16.0. The van der Waals surface area contributed by atoms with Crippen LogP contribution in [0.1, 0.15) is 22.7 Å². The lowest BCUT2D eigenvalue weighted by atomic mass is 9.84. The molecule has 0 radical (unpaired) electrons. The Kier molecular flexibility index (Phi) is 3.80. The number of rotatable bonds is 1. The van der Waals surface area contributed by atoms with Crippen molar-refractivity contribution in [1.82, 2.24) is 4.57 Å². The molecule has 0 aliphatic carbocycles. The molecule has 1 aromatic heterocycles. The number of aromatic nitrogens is 1. The lowest BCUT2D eigenvalue weighted by molar-refractivity contribution is 0.960. The standard InChI is InChI=1S/C20H13Cl2N3/c21-15-8-7-12(10-16(15)22)19-13-4-1-2-5-17(13)25-9-3-6-18(25)20(24)14(19)11-23/h1-10,19H,24H2. The summed E-state index contributed by atoms with van der Waals surface area (Å²) < 4.78 is 2.01. The zero-order valence-corrected chi connectivity index (χ0v) is 14.6. The van der Waals surface area contributed by atoms with E-state index < -0.39 is 0 Å². The molecular weight excluding hydrogens is 353 g/mol. The fraction of sp³-hybridized carbons (Fsp3) is 0.0500. The van der Waals surface area contributed by atoms with Gasteiger partial charge in [0.2, 0.25) is 0 Å². The van der Waals surface area contributed by atoms with Gasteiger partial charge in [0, 0.05) is 17.8 Å². The summed E-state index contributed by atoms with van der Waals surface area (Å²) in [4.78, 5) is 0. The van der Waals surface area contributed by atoms with Crippen LogP contribution < -0.4 is 5.73 Å². The van der Waals surface area contributed by atoms with Crippen molar-refractivity contribution >= 4 is 28.9 Å². The van der Waals surface area contributed by atoms with Gasteiger partial charge in [-0.25, -0.2) is 0 Å². The summed E-state index contributed by atoms with van der Waals surface area (Å²) in [6.45, 7) is 0. The topological polar surface area (TPSA) is 54.7 Å². The predicted octanol–water partition coefficient (Wildman–Crippen LogP) is 5.12. The lowest BCUT2D eigenvalue weighted by Crippen LogP contribution is -2.08. The molecule has 3 aromatic rings. The van der Waals surface area contributed by atoms with Gasteiger partial charge in [-0.3, -0.25) is 0 Å². The molecule has 0 saturated carbocycles. The van der Waals surface area contributed by atoms with E-state index in [1.165, 1.54) is 0 Å². The number of nitrogens with zero attached hydrogens (tertiary/aromatic N) is 2. The van der Waals surface area contributed by atoms with Crippen molar-refractivity contribution in [3.63, 3.8) is 0 Å². The summed E-state index contributed by atoms with van der Waals surface area (Å²) in [5.74, 6) is -0.309. The SMILES string of the molecule is N#CC1=C(N)c2cccn2-c2ccccc2C1c1ccc(Cl)c(Cl)c1. The Hall–Kier alpha value is -2.67. The van der Waals surface area contributed by atoms with Crippen LogP contribution in [0.2, 0.25) is 10.0 Å². The Morgan fingerprint density at radius 1 is 1.00 bits per heavy atom. The molecule has 2 aromatic carbocycles. The molecular formula is C20H13Cl2N3. The lowest BCUT2D eigenvalue weighted by Gasteiger charge is -2.19. The number of hydrogen-bond donors (Lipinski definition) is 1. The summed E-state index contributed by atoms with van der Waals surface area (Å²) in [6.07, 6.45) is 1.95. The van der Waals surface area contributed by atoms with Gasteiger partial charge in [-0.15, -0.1) is 0 Å². The minimum absolute atomic E-state index is 0.309. The van der Waals surface area contributed by atoms with Crippen molar-refractivity contribution in [2.24, 2.45) is 5.73 Å². The van der Waals surface area contributed by atoms with Crippen molar-refractivity contribution < 1.29 is 0 Å². The molecule has 0 amide bonds. The molecule has 4 rings (SSSR count). The molecule has 0 saturated heterocycles. The van der Waals surface area contributed by atoms with Crippen LogP contribution in [0.3, 0.4) is 0 Å². The summed E-state index contributed by atoms with van der Waals surface area (Å²) in [5.41, 5.74) is 11.1. The molecule has 0 spiro atoms. The van der Waals surface area contributed by atoms with Crippen molar-refractivity contribution in [2.45, 2.75) is 5.92 Å². The van der Waals surface area contributed by atoms with E-state index in [1.807, 2.05) is 53.2 Å². The first-order chi connectivity index (χ1) is 12.1. The number of benzene rings is 2. The molecule has 0 fully saturated rings. The monoisotopic (exact) mass is 365 g/mol. The van der Waals surface area contributed by atoms with Crippen LogP contribution in [0.15, 0.2) is 66.4 Å². The maximum absolute atomic E-state index is 9.87. The van der Waals surface area contributed by atoms with Crippen LogP contribution in [0.4, 0.5) is 0 Å². The molecule has 2 heterocycles. The third kappa shape index (κ3) is 2.42. The Balaban J connectivity index is 2.07. The molecule has 1 aliphatic rings. The van der Waals surface area contributed by atoms with Crippen molar-refractivity contribution in [3.8, 4) is 11.8 Å². The van der Waals surface area contributed by atoms with E-state index in [9.17, 15) is 5.26 Å². The zero-order chi connectivity index (χ0) is 17.6. The molecule has 3 nitrogen and oxygen atoms in total. The third-order valence-electron chi connectivity index (χ3n) is 4.51. The molecule has 1 atom stereocenters. The highest BCUT2D eigenvalue weighted by atomic mass is 35.5. The van der Waals surface area contributed by atoms with Gasteiger partial charge in [0.05, 0.1) is 33.1 Å². The van der Waals surface area contributed by atoms with Gasteiger partial charge in [-0.1, -0.05) is 47.5 Å². The quantitative estimate of drug-likeness (QED) is 0.650. The van der Waals surface area contributed by atoms with Crippen LogP contribution >= 0.6 is 23.2 Å². The number of nitrogens with two attached hydrogens (primary N) is 1. The van der Waals surface area contributed by atoms with E-state index in [0.29, 0.717) is 21.3 Å². The predicted molar refractivity (Wildman–Crippen MR) is 101 cm³/mol. The van der Waals surface area contributed by atoms with Crippen molar-refractivity contribution in [1.29, 1.82) is 5.26 Å². The average Bonchev–Trinajstić information content (AvgIpc) is 3.08. The summed E-state index contributed by atoms with van der Waals surface area (Å²) >= 11 is 12.3. The molecule has 25 heavy (non-hydrogen) atoms. The number of allylic oxidation sites excluding steroid dienone is 1. The van der Waals surface area contributed by atoms with E-state index >= 15 is 0 Å². The Labute approximate surface area is 155 Å². The number of nitriles is 1. The third-order valence-corrected chi connectivity index (χ3v) is 5.25. The largest absolute Gasteiger partial charge is 0.396 e. The first-order valence-corrected chi connectivity index (χ1v) is 8.49. The first-order valence-electron chi connectivity index (χ1n) is 7.73. The van der Waals surface area contributed by atoms with Crippen LogP contribution in [-0.2, 0) is 0 Å². The number of halogens is 2. The minimum Gasteiger partial charge on any atom is -0.396 e. The average molecular weight is 366 g/mol. The van der Waals surface area contributed by atoms with Crippen LogP contribution in [0, 0.1) is 11.3 Å².